The van der Waals surface area contributed by atoms with Gasteiger partial charge in [-0.2, -0.15) is 0 Å². The molecule has 1 saturated carbocycles. The molecular weight excluding hydrogens is 271 g/mol. The molecule has 1 aromatic rings. The van der Waals surface area contributed by atoms with Crippen molar-refractivity contribution in [2.45, 2.75) is 64.6 Å². The predicted octanol–water partition coefficient (Wildman–Crippen LogP) is 3.53. The van der Waals surface area contributed by atoms with E-state index in [-0.39, 0.29) is 18.3 Å². The van der Waals surface area contributed by atoms with Crippen LogP contribution in [0.3, 0.4) is 0 Å². The average Bonchev–Trinajstić information content (AvgIpc) is 3.04. The maximum Gasteiger partial charge on any atom is 0.494 e. The summed E-state index contributed by atoms with van der Waals surface area (Å²) >= 11 is 0. The third-order valence-corrected chi connectivity index (χ3v) is 5.19. The Hall–Kier alpha value is -1.24. The Bertz CT molecular complexity index is 587. The van der Waals surface area contributed by atoms with Crippen molar-refractivity contribution in [2.75, 3.05) is 0 Å². The van der Waals surface area contributed by atoms with E-state index in [0.29, 0.717) is 5.92 Å². The Balaban J connectivity index is 1.77. The van der Waals surface area contributed by atoms with Crippen molar-refractivity contribution in [3.8, 4) is 11.8 Å². The molecule has 1 aromatic carbocycles. The molecule has 1 aliphatic heterocycles. The lowest BCUT2D eigenvalue weighted by Gasteiger charge is -2.32. The molecule has 0 unspecified atom stereocenters. The van der Waals surface area contributed by atoms with Gasteiger partial charge in [0.2, 0.25) is 0 Å². The van der Waals surface area contributed by atoms with Gasteiger partial charge in [0.25, 0.3) is 0 Å². The summed E-state index contributed by atoms with van der Waals surface area (Å²) in [6.45, 7) is 8.32. The van der Waals surface area contributed by atoms with Gasteiger partial charge >= 0.3 is 7.12 Å². The van der Waals surface area contributed by atoms with E-state index in [0.717, 1.165) is 11.0 Å². The van der Waals surface area contributed by atoms with Crippen LogP contribution < -0.4 is 5.46 Å². The third kappa shape index (κ3) is 3.09. The Morgan fingerprint density at radius 3 is 2.32 bits per heavy atom. The van der Waals surface area contributed by atoms with Crippen molar-refractivity contribution in [2.24, 2.45) is 5.92 Å². The van der Waals surface area contributed by atoms with Crippen LogP contribution in [-0.4, -0.2) is 18.3 Å². The molecule has 2 nitrogen and oxygen atoms in total. The summed E-state index contributed by atoms with van der Waals surface area (Å²) in [5.74, 6) is 7.33. The standard InChI is InChI=1S/C19H25BO2/c1-18(2)19(3,4)22-20(21-18)17-11-7-10-16(14-17)13-12-15-8-5-6-9-15/h7,10-11,14-15H,5-6,8-9H2,1-4H3. The zero-order valence-electron chi connectivity index (χ0n) is 14.1. The van der Waals surface area contributed by atoms with Gasteiger partial charge in [-0.3, -0.25) is 0 Å². The number of hydrogen-bond acceptors (Lipinski definition) is 2. The molecule has 0 atom stereocenters. The number of rotatable bonds is 1. The molecule has 1 heterocycles. The highest BCUT2D eigenvalue weighted by Crippen LogP contribution is 2.36. The first-order valence-corrected chi connectivity index (χ1v) is 8.34. The molecule has 22 heavy (non-hydrogen) atoms. The fraction of sp³-hybridized carbons (Fsp3) is 0.579. The van der Waals surface area contributed by atoms with Crippen LogP contribution in [0.15, 0.2) is 24.3 Å². The molecule has 2 aliphatic rings. The zero-order valence-corrected chi connectivity index (χ0v) is 14.1. The third-order valence-electron chi connectivity index (χ3n) is 5.19. The minimum Gasteiger partial charge on any atom is -0.399 e. The van der Waals surface area contributed by atoms with Gasteiger partial charge in [-0.25, -0.2) is 0 Å². The molecule has 0 bridgehead atoms. The molecule has 2 fully saturated rings. The summed E-state index contributed by atoms with van der Waals surface area (Å²) in [6.07, 6.45) is 5.16. The fourth-order valence-corrected chi connectivity index (χ4v) is 3.00. The van der Waals surface area contributed by atoms with Crippen LogP contribution in [0.5, 0.6) is 0 Å². The second-order valence-corrected chi connectivity index (χ2v) is 7.46. The molecule has 116 valence electrons. The minimum absolute atomic E-state index is 0.302. The van der Waals surface area contributed by atoms with Crippen LogP contribution in [-0.2, 0) is 9.31 Å². The van der Waals surface area contributed by atoms with E-state index >= 15 is 0 Å². The van der Waals surface area contributed by atoms with Crippen molar-refractivity contribution >= 4 is 12.6 Å². The van der Waals surface area contributed by atoms with Crippen LogP contribution in [0.25, 0.3) is 0 Å². The highest BCUT2D eigenvalue weighted by atomic mass is 16.7. The monoisotopic (exact) mass is 296 g/mol. The van der Waals surface area contributed by atoms with Crippen molar-refractivity contribution in [3.05, 3.63) is 29.8 Å². The largest absolute Gasteiger partial charge is 0.494 e. The van der Waals surface area contributed by atoms with Crippen molar-refractivity contribution in [1.82, 2.24) is 0 Å². The van der Waals surface area contributed by atoms with Crippen molar-refractivity contribution in [1.29, 1.82) is 0 Å². The van der Waals surface area contributed by atoms with Crippen LogP contribution in [0.4, 0.5) is 0 Å². The lowest BCUT2D eigenvalue weighted by atomic mass is 9.78. The van der Waals surface area contributed by atoms with Crippen molar-refractivity contribution < 1.29 is 9.31 Å². The number of benzene rings is 1. The Morgan fingerprint density at radius 1 is 1.05 bits per heavy atom. The lowest BCUT2D eigenvalue weighted by Crippen LogP contribution is -2.41. The van der Waals surface area contributed by atoms with Gasteiger partial charge in [-0.15, -0.1) is 0 Å². The van der Waals surface area contributed by atoms with Gasteiger partial charge < -0.3 is 9.31 Å². The maximum atomic E-state index is 6.11. The highest BCUT2D eigenvalue weighted by Gasteiger charge is 2.51. The molecule has 0 amide bonds. The van der Waals surface area contributed by atoms with Gasteiger partial charge in [-0.05, 0) is 58.1 Å². The van der Waals surface area contributed by atoms with E-state index in [9.17, 15) is 0 Å². The van der Waals surface area contributed by atoms with Crippen LogP contribution >= 0.6 is 0 Å². The first kappa shape index (κ1) is 15.7. The van der Waals surface area contributed by atoms with E-state index in [1.54, 1.807) is 0 Å². The minimum atomic E-state index is -0.307. The maximum absolute atomic E-state index is 6.11. The summed E-state index contributed by atoms with van der Waals surface area (Å²) < 4.78 is 12.2. The topological polar surface area (TPSA) is 18.5 Å². The Kier molecular flexibility index (Phi) is 4.10. The van der Waals surface area contributed by atoms with E-state index in [1.807, 2.05) is 6.07 Å². The van der Waals surface area contributed by atoms with E-state index in [4.69, 9.17) is 9.31 Å². The smallest absolute Gasteiger partial charge is 0.399 e. The van der Waals surface area contributed by atoms with E-state index in [2.05, 4.69) is 57.7 Å². The van der Waals surface area contributed by atoms with Gasteiger partial charge in [0, 0.05) is 11.5 Å². The lowest BCUT2D eigenvalue weighted by molar-refractivity contribution is 0.00578. The first-order chi connectivity index (χ1) is 10.4. The highest BCUT2D eigenvalue weighted by molar-refractivity contribution is 6.62. The van der Waals surface area contributed by atoms with Crippen LogP contribution in [0, 0.1) is 17.8 Å². The quantitative estimate of drug-likeness (QED) is 0.583. The van der Waals surface area contributed by atoms with E-state index < -0.39 is 0 Å². The molecule has 0 N–H and O–H groups in total. The second-order valence-electron chi connectivity index (χ2n) is 7.46. The zero-order chi connectivity index (χ0) is 15.8. The SMILES string of the molecule is CC1(C)OB(c2cccc(C#CC3CCCC3)c2)OC1(C)C. The number of hydrogen-bond donors (Lipinski definition) is 0. The normalized spacial score (nSPS) is 23.4. The molecule has 1 saturated heterocycles. The Morgan fingerprint density at radius 2 is 1.68 bits per heavy atom. The predicted molar refractivity (Wildman–Crippen MR) is 91.0 cm³/mol. The van der Waals surface area contributed by atoms with Crippen LogP contribution in [0.1, 0.15) is 58.9 Å². The van der Waals surface area contributed by atoms with Gasteiger partial charge in [0.15, 0.2) is 0 Å². The van der Waals surface area contributed by atoms with E-state index in [1.165, 1.54) is 25.7 Å². The molecule has 0 radical (unpaired) electrons. The Labute approximate surface area is 134 Å². The molecule has 1 aliphatic carbocycles. The van der Waals surface area contributed by atoms with Gasteiger partial charge in [0.05, 0.1) is 11.2 Å². The molecule has 0 aromatic heterocycles. The van der Waals surface area contributed by atoms with Crippen LogP contribution in [0.2, 0.25) is 0 Å². The van der Waals surface area contributed by atoms with Gasteiger partial charge in [-0.1, -0.05) is 36.8 Å². The summed E-state index contributed by atoms with van der Waals surface area (Å²) in [6, 6.07) is 8.27. The fourth-order valence-electron chi connectivity index (χ4n) is 3.00. The summed E-state index contributed by atoms with van der Waals surface area (Å²) in [5, 5.41) is 0. The first-order valence-electron chi connectivity index (χ1n) is 8.34. The summed E-state index contributed by atoms with van der Waals surface area (Å²) in [5.41, 5.74) is 1.50. The molecule has 0 spiro atoms. The average molecular weight is 296 g/mol. The summed E-state index contributed by atoms with van der Waals surface area (Å²) in [7, 11) is -0.307. The van der Waals surface area contributed by atoms with Crippen molar-refractivity contribution in [3.63, 3.8) is 0 Å². The molecule has 3 rings (SSSR count). The summed E-state index contributed by atoms with van der Waals surface area (Å²) in [4.78, 5) is 0. The van der Waals surface area contributed by atoms with Gasteiger partial charge in [0.1, 0.15) is 0 Å². The molecular formula is C19H25BO2. The molecule has 3 heteroatoms. The second kappa shape index (κ2) is 5.76.